The Balaban J connectivity index is 2.02. The number of nitrogens with zero attached hydrogens (tertiary/aromatic N) is 2. The van der Waals surface area contributed by atoms with Crippen molar-refractivity contribution in [3.05, 3.63) is 11.4 Å². The zero-order valence-corrected chi connectivity index (χ0v) is 12.3. The molecular formula is C12H18N6OS. The molecule has 108 valence electrons. The van der Waals surface area contributed by atoms with Crippen molar-refractivity contribution in [2.75, 3.05) is 17.3 Å². The zero-order chi connectivity index (χ0) is 14.5. The zero-order valence-electron chi connectivity index (χ0n) is 11.4. The maximum absolute atomic E-state index is 11.6. The van der Waals surface area contributed by atoms with Gasteiger partial charge in [0.25, 0.3) is 0 Å². The van der Waals surface area contributed by atoms with Crippen LogP contribution in [0.25, 0.3) is 10.2 Å². The smallest absolute Gasteiger partial charge is 0.240 e. The van der Waals surface area contributed by atoms with Crippen LogP contribution in [-0.2, 0) is 4.79 Å². The van der Waals surface area contributed by atoms with Crippen LogP contribution in [0.4, 0.5) is 11.8 Å². The van der Waals surface area contributed by atoms with Crippen molar-refractivity contribution >= 4 is 39.2 Å². The molecule has 20 heavy (non-hydrogen) atoms. The van der Waals surface area contributed by atoms with E-state index in [2.05, 4.69) is 26.0 Å². The maximum Gasteiger partial charge on any atom is 0.240 e. The summed E-state index contributed by atoms with van der Waals surface area (Å²) < 4.78 is 0. The van der Waals surface area contributed by atoms with Crippen LogP contribution in [0, 0.1) is 0 Å². The first-order chi connectivity index (χ1) is 9.60. The van der Waals surface area contributed by atoms with Gasteiger partial charge in [-0.3, -0.25) is 10.2 Å². The molecule has 2 aromatic rings. The SMILES string of the molecule is CC(C)NC(=O)CCNc1nc(NN)nc2sccc12. The Bertz CT molecular complexity index is 597. The van der Waals surface area contributed by atoms with Gasteiger partial charge in [-0.25, -0.2) is 10.8 Å². The van der Waals surface area contributed by atoms with Crippen LogP contribution >= 0.6 is 11.3 Å². The Hall–Kier alpha value is -1.93. The van der Waals surface area contributed by atoms with Crippen molar-refractivity contribution in [3.63, 3.8) is 0 Å². The Kier molecular flexibility index (Phi) is 4.70. The number of rotatable bonds is 6. The molecule has 2 aromatic heterocycles. The highest BCUT2D eigenvalue weighted by Gasteiger charge is 2.09. The Morgan fingerprint density at radius 1 is 1.45 bits per heavy atom. The van der Waals surface area contributed by atoms with Gasteiger partial charge in [0, 0.05) is 19.0 Å². The van der Waals surface area contributed by atoms with Gasteiger partial charge in [-0.1, -0.05) is 0 Å². The van der Waals surface area contributed by atoms with Crippen LogP contribution in [0.1, 0.15) is 20.3 Å². The molecule has 2 rings (SSSR count). The molecule has 0 saturated carbocycles. The van der Waals surface area contributed by atoms with E-state index in [0.717, 1.165) is 10.2 Å². The molecule has 0 bridgehead atoms. The number of thiophene rings is 1. The van der Waals surface area contributed by atoms with Crippen molar-refractivity contribution < 1.29 is 4.79 Å². The number of anilines is 2. The first kappa shape index (κ1) is 14.5. The van der Waals surface area contributed by atoms with Gasteiger partial charge in [-0.15, -0.1) is 11.3 Å². The molecule has 0 aliphatic rings. The number of nitrogens with two attached hydrogens (primary N) is 1. The second kappa shape index (κ2) is 6.49. The first-order valence-corrected chi connectivity index (χ1v) is 7.23. The summed E-state index contributed by atoms with van der Waals surface area (Å²) in [6.07, 6.45) is 0.388. The molecule has 7 nitrogen and oxygen atoms in total. The summed E-state index contributed by atoms with van der Waals surface area (Å²) in [5, 5.41) is 8.86. The molecule has 0 saturated heterocycles. The average molecular weight is 294 g/mol. The van der Waals surface area contributed by atoms with Gasteiger partial charge < -0.3 is 10.6 Å². The predicted octanol–water partition coefficient (Wildman–Crippen LogP) is 1.30. The second-order valence-electron chi connectivity index (χ2n) is 4.58. The van der Waals surface area contributed by atoms with Crippen molar-refractivity contribution in [1.82, 2.24) is 15.3 Å². The van der Waals surface area contributed by atoms with E-state index in [1.807, 2.05) is 25.3 Å². The molecule has 2 heterocycles. The normalized spacial score (nSPS) is 10.8. The average Bonchev–Trinajstić information content (AvgIpc) is 2.85. The summed E-state index contributed by atoms with van der Waals surface area (Å²) in [4.78, 5) is 20.9. The third kappa shape index (κ3) is 3.55. The number of hydrogen-bond donors (Lipinski definition) is 4. The fourth-order valence-corrected chi connectivity index (χ4v) is 2.51. The molecule has 0 aliphatic carbocycles. The number of nitrogens with one attached hydrogen (secondary N) is 3. The van der Waals surface area contributed by atoms with Crippen LogP contribution in [0.5, 0.6) is 0 Å². The molecular weight excluding hydrogens is 276 g/mol. The predicted molar refractivity (Wildman–Crippen MR) is 81.6 cm³/mol. The molecule has 0 atom stereocenters. The number of hydrazine groups is 1. The largest absolute Gasteiger partial charge is 0.369 e. The van der Waals surface area contributed by atoms with E-state index in [9.17, 15) is 4.79 Å². The lowest BCUT2D eigenvalue weighted by atomic mass is 10.3. The molecule has 0 aromatic carbocycles. The van der Waals surface area contributed by atoms with Crippen LogP contribution in [0.2, 0.25) is 0 Å². The molecule has 8 heteroatoms. The highest BCUT2D eigenvalue weighted by atomic mass is 32.1. The number of carbonyl (C=O) groups is 1. The minimum atomic E-state index is 0.0142. The fraction of sp³-hybridized carbons (Fsp3) is 0.417. The number of aromatic nitrogens is 2. The number of nitrogen functional groups attached to an aromatic ring is 1. The lowest BCUT2D eigenvalue weighted by molar-refractivity contribution is -0.121. The summed E-state index contributed by atoms with van der Waals surface area (Å²) in [5.74, 6) is 6.40. The molecule has 0 fully saturated rings. The monoisotopic (exact) mass is 294 g/mol. The van der Waals surface area contributed by atoms with Crippen molar-refractivity contribution in [2.45, 2.75) is 26.3 Å². The van der Waals surface area contributed by atoms with Crippen LogP contribution in [-0.4, -0.2) is 28.5 Å². The van der Waals surface area contributed by atoms with Gasteiger partial charge in [-0.05, 0) is 25.3 Å². The van der Waals surface area contributed by atoms with Crippen molar-refractivity contribution in [3.8, 4) is 0 Å². The summed E-state index contributed by atoms with van der Waals surface area (Å²) >= 11 is 1.51. The summed E-state index contributed by atoms with van der Waals surface area (Å²) in [6, 6.07) is 2.09. The molecule has 0 spiro atoms. The lowest BCUT2D eigenvalue weighted by Crippen LogP contribution is -2.31. The molecule has 0 radical (unpaired) electrons. The van der Waals surface area contributed by atoms with Crippen LogP contribution in [0.3, 0.4) is 0 Å². The van der Waals surface area contributed by atoms with E-state index in [4.69, 9.17) is 5.84 Å². The van der Waals surface area contributed by atoms with Gasteiger partial charge in [0.1, 0.15) is 10.6 Å². The maximum atomic E-state index is 11.6. The topological polar surface area (TPSA) is 105 Å². The van der Waals surface area contributed by atoms with E-state index in [0.29, 0.717) is 24.7 Å². The van der Waals surface area contributed by atoms with Gasteiger partial charge in [-0.2, -0.15) is 4.98 Å². The Labute approximate surface area is 121 Å². The van der Waals surface area contributed by atoms with Gasteiger partial charge in [0.05, 0.1) is 5.39 Å². The van der Waals surface area contributed by atoms with E-state index >= 15 is 0 Å². The molecule has 1 amide bonds. The number of carbonyl (C=O) groups excluding carboxylic acids is 1. The minimum absolute atomic E-state index is 0.0142. The highest BCUT2D eigenvalue weighted by Crippen LogP contribution is 2.26. The summed E-state index contributed by atoms with van der Waals surface area (Å²) in [7, 11) is 0. The third-order valence-corrected chi connectivity index (χ3v) is 3.35. The standard InChI is InChI=1S/C12H18N6OS/c1-7(2)15-9(19)3-5-14-10-8-4-6-20-11(8)17-12(16-10)18-13/h4,6-7H,3,5,13H2,1-2H3,(H,15,19)(H2,14,16,17,18). The van der Waals surface area contributed by atoms with Gasteiger partial charge >= 0.3 is 0 Å². The molecule has 0 aliphatic heterocycles. The van der Waals surface area contributed by atoms with Gasteiger partial charge in [0.15, 0.2) is 0 Å². The first-order valence-electron chi connectivity index (χ1n) is 6.35. The van der Waals surface area contributed by atoms with Crippen LogP contribution < -0.4 is 21.9 Å². The minimum Gasteiger partial charge on any atom is -0.369 e. The summed E-state index contributed by atoms with van der Waals surface area (Å²) in [6.45, 7) is 4.37. The quantitative estimate of drug-likeness (QED) is 0.473. The fourth-order valence-electron chi connectivity index (χ4n) is 1.74. The van der Waals surface area contributed by atoms with E-state index in [1.165, 1.54) is 11.3 Å². The van der Waals surface area contributed by atoms with E-state index in [1.54, 1.807) is 0 Å². The van der Waals surface area contributed by atoms with Gasteiger partial charge in [0.2, 0.25) is 11.9 Å². The number of hydrogen-bond acceptors (Lipinski definition) is 7. The number of fused-ring (bicyclic) bond motifs is 1. The van der Waals surface area contributed by atoms with Crippen LogP contribution in [0.15, 0.2) is 11.4 Å². The highest BCUT2D eigenvalue weighted by molar-refractivity contribution is 7.16. The number of amides is 1. The van der Waals surface area contributed by atoms with E-state index in [-0.39, 0.29) is 11.9 Å². The lowest BCUT2D eigenvalue weighted by Gasteiger charge is -2.10. The Morgan fingerprint density at radius 2 is 2.25 bits per heavy atom. The van der Waals surface area contributed by atoms with Crippen molar-refractivity contribution in [2.24, 2.45) is 5.84 Å². The summed E-state index contributed by atoms with van der Waals surface area (Å²) in [5.41, 5.74) is 2.44. The molecule has 0 unspecified atom stereocenters. The van der Waals surface area contributed by atoms with Crippen molar-refractivity contribution in [1.29, 1.82) is 0 Å². The third-order valence-electron chi connectivity index (χ3n) is 2.55. The second-order valence-corrected chi connectivity index (χ2v) is 5.47. The molecule has 5 N–H and O–H groups in total. The Morgan fingerprint density at radius 3 is 2.95 bits per heavy atom. The van der Waals surface area contributed by atoms with E-state index < -0.39 is 0 Å².